The van der Waals surface area contributed by atoms with Crippen LogP contribution in [0.2, 0.25) is 0 Å². The molecule has 3 heteroatoms. The summed E-state index contributed by atoms with van der Waals surface area (Å²) in [4.78, 5) is 3.89. The van der Waals surface area contributed by atoms with E-state index in [1.807, 2.05) is 25.1 Å². The van der Waals surface area contributed by atoms with Crippen molar-refractivity contribution in [1.29, 1.82) is 0 Å². The van der Waals surface area contributed by atoms with Gasteiger partial charge in [0, 0.05) is 0 Å². The van der Waals surface area contributed by atoms with Gasteiger partial charge in [-0.25, -0.2) is 4.99 Å². The normalized spacial score (nSPS) is 10.6. The Morgan fingerprint density at radius 3 is 2.82 bits per heavy atom. The fraction of sp³-hybridized carbons (Fsp3) is 0.125. The van der Waals surface area contributed by atoms with Crippen LogP contribution >= 0.6 is 0 Å². The minimum absolute atomic E-state index is 0.689. The number of aliphatic imine (C=N–C) groups is 1. The molecule has 0 heterocycles. The maximum Gasteiger partial charge on any atom is 0.0879 e. The Morgan fingerprint density at radius 1 is 1.45 bits per heavy atom. The predicted molar refractivity (Wildman–Crippen MR) is 47.9 cm³/mol. The van der Waals surface area contributed by atoms with E-state index in [4.69, 9.17) is 11.5 Å². The first-order valence-electron chi connectivity index (χ1n) is 3.35. The topological polar surface area (TPSA) is 64.4 Å². The van der Waals surface area contributed by atoms with E-state index < -0.39 is 0 Å². The van der Waals surface area contributed by atoms with Crippen molar-refractivity contribution < 1.29 is 0 Å². The quantitative estimate of drug-likeness (QED) is 0.358. The summed E-state index contributed by atoms with van der Waals surface area (Å²) in [7, 11) is 0. The Bertz CT molecular complexity index is 279. The second kappa shape index (κ2) is 3.05. The molecule has 58 valence electrons. The van der Waals surface area contributed by atoms with Crippen molar-refractivity contribution in [2.75, 3.05) is 5.73 Å². The summed E-state index contributed by atoms with van der Waals surface area (Å²) in [5.74, 6) is 0. The van der Waals surface area contributed by atoms with Gasteiger partial charge in [-0.15, -0.1) is 0 Å². The number of nitrogens with two attached hydrogens (primary N) is 2. The van der Waals surface area contributed by atoms with Crippen molar-refractivity contribution in [2.45, 2.75) is 6.92 Å². The second-order valence-electron chi connectivity index (χ2n) is 2.29. The third kappa shape index (κ3) is 1.49. The highest BCUT2D eigenvalue weighted by Crippen LogP contribution is 2.23. The van der Waals surface area contributed by atoms with E-state index in [0.29, 0.717) is 5.69 Å². The van der Waals surface area contributed by atoms with E-state index in [-0.39, 0.29) is 0 Å². The Balaban J connectivity index is 3.16. The number of para-hydroxylation sites is 1. The van der Waals surface area contributed by atoms with Gasteiger partial charge in [-0.3, -0.25) is 0 Å². The maximum absolute atomic E-state index is 5.70. The van der Waals surface area contributed by atoms with Crippen LogP contribution in [-0.2, 0) is 0 Å². The molecule has 0 unspecified atom stereocenters. The number of benzene rings is 1. The summed E-state index contributed by atoms with van der Waals surface area (Å²) in [6.45, 7) is 1.94. The fourth-order valence-electron chi connectivity index (χ4n) is 0.858. The van der Waals surface area contributed by atoms with Gasteiger partial charge in [-0.1, -0.05) is 12.1 Å². The van der Waals surface area contributed by atoms with Gasteiger partial charge in [-0.05, 0) is 18.6 Å². The first-order valence-corrected chi connectivity index (χ1v) is 3.35. The molecule has 0 radical (unpaired) electrons. The molecule has 1 aromatic carbocycles. The molecule has 11 heavy (non-hydrogen) atoms. The summed E-state index contributed by atoms with van der Waals surface area (Å²) in [6, 6.07) is 5.66. The third-order valence-electron chi connectivity index (χ3n) is 1.51. The van der Waals surface area contributed by atoms with Crippen LogP contribution in [0.25, 0.3) is 0 Å². The van der Waals surface area contributed by atoms with Crippen LogP contribution in [0.4, 0.5) is 11.4 Å². The minimum atomic E-state index is 0.689. The summed E-state index contributed by atoms with van der Waals surface area (Å²) >= 11 is 0. The average Bonchev–Trinajstić information content (AvgIpc) is 1.99. The van der Waals surface area contributed by atoms with E-state index in [1.165, 1.54) is 6.34 Å². The maximum atomic E-state index is 5.70. The summed E-state index contributed by atoms with van der Waals surface area (Å²) in [6.07, 6.45) is 1.24. The van der Waals surface area contributed by atoms with E-state index in [2.05, 4.69) is 4.99 Å². The Hall–Kier alpha value is -1.51. The minimum Gasteiger partial charge on any atom is -0.397 e. The smallest absolute Gasteiger partial charge is 0.0879 e. The summed E-state index contributed by atoms with van der Waals surface area (Å²) in [5.41, 5.74) is 13.3. The van der Waals surface area contributed by atoms with Crippen LogP contribution in [0, 0.1) is 6.92 Å². The van der Waals surface area contributed by atoms with E-state index in [1.54, 1.807) is 0 Å². The van der Waals surface area contributed by atoms with Crippen LogP contribution in [0.15, 0.2) is 23.2 Å². The second-order valence-corrected chi connectivity index (χ2v) is 2.29. The monoisotopic (exact) mass is 149 g/mol. The molecular formula is C8H11N3. The van der Waals surface area contributed by atoms with Crippen LogP contribution in [0.3, 0.4) is 0 Å². The van der Waals surface area contributed by atoms with Gasteiger partial charge in [0.2, 0.25) is 0 Å². The molecule has 0 bridgehead atoms. The molecule has 0 saturated heterocycles. The largest absolute Gasteiger partial charge is 0.397 e. The zero-order chi connectivity index (χ0) is 8.27. The molecule has 0 aliphatic rings. The molecule has 0 spiro atoms. The molecule has 0 aromatic heterocycles. The molecule has 0 aliphatic heterocycles. The van der Waals surface area contributed by atoms with Gasteiger partial charge in [0.05, 0.1) is 17.7 Å². The van der Waals surface area contributed by atoms with E-state index in [0.717, 1.165) is 11.3 Å². The lowest BCUT2D eigenvalue weighted by Gasteiger charge is -2.01. The van der Waals surface area contributed by atoms with Crippen molar-refractivity contribution >= 4 is 17.7 Å². The van der Waals surface area contributed by atoms with Crippen molar-refractivity contribution in [3.63, 3.8) is 0 Å². The molecule has 0 fully saturated rings. The zero-order valence-corrected chi connectivity index (χ0v) is 6.41. The first kappa shape index (κ1) is 7.60. The number of hydrogen-bond acceptors (Lipinski definition) is 2. The highest BCUT2D eigenvalue weighted by atomic mass is 14.8. The molecule has 0 aliphatic carbocycles. The lowest BCUT2D eigenvalue weighted by molar-refractivity contribution is 1.43. The number of nitrogens with zero attached hydrogens (tertiary/aromatic N) is 1. The number of hydrogen-bond donors (Lipinski definition) is 2. The molecule has 4 N–H and O–H groups in total. The highest BCUT2D eigenvalue weighted by molar-refractivity contribution is 5.71. The predicted octanol–water partition coefficient (Wildman–Crippen LogP) is 1.20. The molecule has 0 amide bonds. The molecule has 1 aromatic rings. The van der Waals surface area contributed by atoms with Gasteiger partial charge in [0.15, 0.2) is 0 Å². The van der Waals surface area contributed by atoms with Crippen molar-refractivity contribution in [2.24, 2.45) is 10.7 Å². The van der Waals surface area contributed by atoms with Crippen LogP contribution in [0.1, 0.15) is 5.56 Å². The van der Waals surface area contributed by atoms with Gasteiger partial charge in [0.25, 0.3) is 0 Å². The Labute approximate surface area is 65.7 Å². The molecule has 0 saturated carbocycles. The van der Waals surface area contributed by atoms with Crippen molar-refractivity contribution in [1.82, 2.24) is 0 Å². The standard InChI is InChI=1S/C8H11N3/c1-6-3-2-4-7(8(6)10)11-5-9/h2-5H,10H2,1H3,(H2,9,11). The van der Waals surface area contributed by atoms with E-state index in [9.17, 15) is 0 Å². The molecule has 0 atom stereocenters. The zero-order valence-electron chi connectivity index (χ0n) is 6.41. The highest BCUT2D eigenvalue weighted by Gasteiger charge is 1.96. The van der Waals surface area contributed by atoms with Crippen molar-refractivity contribution in [3.05, 3.63) is 23.8 Å². The molecule has 1 rings (SSSR count). The number of aryl methyl sites for hydroxylation is 1. The number of anilines is 1. The Kier molecular flexibility index (Phi) is 2.11. The SMILES string of the molecule is Cc1cccc(/N=C\N)c1N. The van der Waals surface area contributed by atoms with Gasteiger partial charge in [0.1, 0.15) is 0 Å². The summed E-state index contributed by atoms with van der Waals surface area (Å²) < 4.78 is 0. The van der Waals surface area contributed by atoms with Crippen LogP contribution < -0.4 is 11.5 Å². The molecular weight excluding hydrogens is 138 g/mol. The van der Waals surface area contributed by atoms with E-state index >= 15 is 0 Å². The molecule has 3 nitrogen and oxygen atoms in total. The lowest BCUT2D eigenvalue weighted by atomic mass is 10.2. The van der Waals surface area contributed by atoms with Gasteiger partial charge in [-0.2, -0.15) is 0 Å². The average molecular weight is 149 g/mol. The Morgan fingerprint density at radius 2 is 2.18 bits per heavy atom. The number of nitrogen functional groups attached to an aromatic ring is 1. The fourth-order valence-corrected chi connectivity index (χ4v) is 0.858. The third-order valence-corrected chi connectivity index (χ3v) is 1.51. The lowest BCUT2D eigenvalue weighted by Crippen LogP contribution is -1.92. The van der Waals surface area contributed by atoms with Crippen molar-refractivity contribution in [3.8, 4) is 0 Å². The summed E-state index contributed by atoms with van der Waals surface area (Å²) in [5, 5.41) is 0. The number of rotatable bonds is 1. The first-order chi connectivity index (χ1) is 5.25. The van der Waals surface area contributed by atoms with Crippen LogP contribution in [0.5, 0.6) is 0 Å². The van der Waals surface area contributed by atoms with Crippen LogP contribution in [-0.4, -0.2) is 6.34 Å². The van der Waals surface area contributed by atoms with Gasteiger partial charge >= 0.3 is 0 Å². The van der Waals surface area contributed by atoms with Gasteiger partial charge < -0.3 is 11.5 Å².